The van der Waals surface area contributed by atoms with Crippen LogP contribution in [0.4, 0.5) is 17.1 Å². The van der Waals surface area contributed by atoms with Crippen molar-refractivity contribution in [3.63, 3.8) is 0 Å². The lowest BCUT2D eigenvalue weighted by atomic mass is 10.1. The van der Waals surface area contributed by atoms with E-state index in [1.165, 1.54) is 6.07 Å². The smallest absolute Gasteiger partial charge is 0.181 e. The number of phenols is 2. The zero-order valence-electron chi connectivity index (χ0n) is 13.3. The highest BCUT2D eigenvalue weighted by Gasteiger charge is 2.07. The van der Waals surface area contributed by atoms with Crippen molar-refractivity contribution in [1.29, 1.82) is 0 Å². The van der Waals surface area contributed by atoms with Gasteiger partial charge in [0.2, 0.25) is 0 Å². The molecule has 2 aromatic carbocycles. The van der Waals surface area contributed by atoms with Crippen molar-refractivity contribution >= 4 is 17.1 Å². The molecule has 0 aliphatic rings. The van der Waals surface area contributed by atoms with E-state index in [-0.39, 0.29) is 11.5 Å². The lowest BCUT2D eigenvalue weighted by Gasteiger charge is -2.17. The Morgan fingerprint density at radius 2 is 1.55 bits per heavy atom. The van der Waals surface area contributed by atoms with Gasteiger partial charge in [-0.2, -0.15) is 0 Å². The molecule has 0 saturated carbocycles. The SMILES string of the molecule is CC(C)CC(C)Nc1ccc(Nc2cccc(O)c2O)cc1. The molecule has 1 unspecified atom stereocenters. The molecule has 0 aliphatic heterocycles. The maximum absolute atomic E-state index is 9.79. The number of anilines is 3. The molecule has 0 fully saturated rings. The van der Waals surface area contributed by atoms with Gasteiger partial charge < -0.3 is 20.8 Å². The molecule has 22 heavy (non-hydrogen) atoms. The van der Waals surface area contributed by atoms with Gasteiger partial charge in [-0.05, 0) is 55.7 Å². The summed E-state index contributed by atoms with van der Waals surface area (Å²) in [7, 11) is 0. The lowest BCUT2D eigenvalue weighted by molar-refractivity contribution is 0.405. The van der Waals surface area contributed by atoms with E-state index in [1.54, 1.807) is 12.1 Å². The molecular weight excluding hydrogens is 276 g/mol. The summed E-state index contributed by atoms with van der Waals surface area (Å²) in [5.74, 6) is 0.387. The summed E-state index contributed by atoms with van der Waals surface area (Å²) in [6.45, 7) is 6.61. The fourth-order valence-electron chi connectivity index (χ4n) is 2.49. The van der Waals surface area contributed by atoms with Crippen molar-refractivity contribution in [2.75, 3.05) is 10.6 Å². The Labute approximate surface area is 131 Å². The van der Waals surface area contributed by atoms with Crippen molar-refractivity contribution in [3.8, 4) is 11.5 Å². The summed E-state index contributed by atoms with van der Waals surface area (Å²) >= 11 is 0. The van der Waals surface area contributed by atoms with Crippen LogP contribution < -0.4 is 10.6 Å². The first-order chi connectivity index (χ1) is 10.5. The minimum absolute atomic E-state index is 0.134. The van der Waals surface area contributed by atoms with Gasteiger partial charge in [0.1, 0.15) is 0 Å². The molecular formula is C18H24N2O2. The average molecular weight is 300 g/mol. The van der Waals surface area contributed by atoms with Crippen LogP contribution in [0.15, 0.2) is 42.5 Å². The summed E-state index contributed by atoms with van der Waals surface area (Å²) in [5.41, 5.74) is 2.40. The van der Waals surface area contributed by atoms with E-state index in [4.69, 9.17) is 0 Å². The zero-order chi connectivity index (χ0) is 16.1. The van der Waals surface area contributed by atoms with E-state index in [9.17, 15) is 10.2 Å². The largest absolute Gasteiger partial charge is 0.504 e. The first-order valence-corrected chi connectivity index (χ1v) is 7.60. The predicted octanol–water partition coefficient (Wildman–Crippen LogP) is 4.69. The summed E-state index contributed by atoms with van der Waals surface area (Å²) in [6, 6.07) is 13.1. The highest BCUT2D eigenvalue weighted by atomic mass is 16.3. The predicted molar refractivity (Wildman–Crippen MR) is 92.0 cm³/mol. The number of hydrogen-bond donors (Lipinski definition) is 4. The Morgan fingerprint density at radius 3 is 2.18 bits per heavy atom. The number of para-hydroxylation sites is 1. The first-order valence-electron chi connectivity index (χ1n) is 7.60. The van der Waals surface area contributed by atoms with Gasteiger partial charge in [-0.15, -0.1) is 0 Å². The quantitative estimate of drug-likeness (QED) is 0.584. The second kappa shape index (κ2) is 7.07. The molecule has 4 nitrogen and oxygen atoms in total. The molecule has 4 heteroatoms. The minimum Gasteiger partial charge on any atom is -0.504 e. The van der Waals surface area contributed by atoms with Gasteiger partial charge in [0, 0.05) is 17.4 Å². The van der Waals surface area contributed by atoms with Crippen LogP contribution in [0.2, 0.25) is 0 Å². The lowest BCUT2D eigenvalue weighted by Crippen LogP contribution is -2.17. The molecule has 0 radical (unpaired) electrons. The fraction of sp³-hybridized carbons (Fsp3) is 0.333. The summed E-state index contributed by atoms with van der Waals surface area (Å²) < 4.78 is 0. The third-order valence-electron chi connectivity index (χ3n) is 3.42. The van der Waals surface area contributed by atoms with Gasteiger partial charge in [0.25, 0.3) is 0 Å². The zero-order valence-corrected chi connectivity index (χ0v) is 13.3. The topological polar surface area (TPSA) is 64.5 Å². The molecule has 0 spiro atoms. The molecule has 0 aromatic heterocycles. The Kier molecular flexibility index (Phi) is 5.15. The summed E-state index contributed by atoms with van der Waals surface area (Å²) in [4.78, 5) is 0. The second-order valence-corrected chi connectivity index (χ2v) is 6.05. The van der Waals surface area contributed by atoms with Crippen molar-refractivity contribution in [3.05, 3.63) is 42.5 Å². The van der Waals surface area contributed by atoms with Crippen LogP contribution in [-0.2, 0) is 0 Å². The number of nitrogens with one attached hydrogen (secondary N) is 2. The van der Waals surface area contributed by atoms with Crippen LogP contribution in [0.1, 0.15) is 27.2 Å². The molecule has 2 rings (SSSR count). The van der Waals surface area contributed by atoms with E-state index in [1.807, 2.05) is 24.3 Å². The standard InChI is InChI=1S/C18H24N2O2/c1-12(2)11-13(3)19-14-7-9-15(10-8-14)20-16-5-4-6-17(21)18(16)22/h4-10,12-13,19-22H,11H2,1-3H3. The highest BCUT2D eigenvalue weighted by Crippen LogP contribution is 2.34. The average Bonchev–Trinajstić information content (AvgIpc) is 2.45. The third kappa shape index (κ3) is 4.32. The molecule has 0 amide bonds. The molecule has 0 bridgehead atoms. The number of hydrogen-bond acceptors (Lipinski definition) is 4. The van der Waals surface area contributed by atoms with Gasteiger partial charge in [-0.3, -0.25) is 0 Å². The van der Waals surface area contributed by atoms with Crippen molar-refractivity contribution in [1.82, 2.24) is 0 Å². The maximum atomic E-state index is 9.79. The Balaban J connectivity index is 2.01. The fourth-order valence-corrected chi connectivity index (χ4v) is 2.49. The third-order valence-corrected chi connectivity index (χ3v) is 3.42. The van der Waals surface area contributed by atoms with Crippen molar-refractivity contribution in [2.24, 2.45) is 5.92 Å². The van der Waals surface area contributed by atoms with Gasteiger partial charge in [0.05, 0.1) is 5.69 Å². The van der Waals surface area contributed by atoms with Crippen LogP contribution in [0.3, 0.4) is 0 Å². The number of aromatic hydroxyl groups is 2. The second-order valence-electron chi connectivity index (χ2n) is 6.05. The number of rotatable bonds is 6. The molecule has 2 aromatic rings. The normalized spacial score (nSPS) is 12.2. The Hall–Kier alpha value is -2.36. The van der Waals surface area contributed by atoms with Crippen molar-refractivity contribution in [2.45, 2.75) is 33.2 Å². The molecule has 0 saturated heterocycles. The molecule has 4 N–H and O–H groups in total. The monoisotopic (exact) mass is 300 g/mol. The number of benzene rings is 2. The van der Waals surface area contributed by atoms with Crippen LogP contribution in [0, 0.1) is 5.92 Å². The minimum atomic E-state index is -0.143. The maximum Gasteiger partial charge on any atom is 0.181 e. The molecule has 0 aliphatic carbocycles. The van der Waals surface area contributed by atoms with Crippen LogP contribution >= 0.6 is 0 Å². The van der Waals surface area contributed by atoms with Crippen LogP contribution in [0.25, 0.3) is 0 Å². The Morgan fingerprint density at radius 1 is 0.909 bits per heavy atom. The van der Waals surface area contributed by atoms with E-state index in [2.05, 4.69) is 31.4 Å². The van der Waals surface area contributed by atoms with Crippen molar-refractivity contribution < 1.29 is 10.2 Å². The van der Waals surface area contributed by atoms with E-state index in [0.717, 1.165) is 17.8 Å². The number of phenolic OH excluding ortho intramolecular Hbond substituents is 2. The van der Waals surface area contributed by atoms with Gasteiger partial charge in [-0.1, -0.05) is 19.9 Å². The van der Waals surface area contributed by atoms with Gasteiger partial charge in [0.15, 0.2) is 11.5 Å². The van der Waals surface area contributed by atoms with Gasteiger partial charge in [-0.25, -0.2) is 0 Å². The highest BCUT2D eigenvalue weighted by molar-refractivity contribution is 5.70. The molecule has 1 atom stereocenters. The summed E-state index contributed by atoms with van der Waals surface area (Å²) in [5, 5.41) is 25.8. The molecule has 0 heterocycles. The van der Waals surface area contributed by atoms with Crippen LogP contribution in [0.5, 0.6) is 11.5 Å². The molecule has 118 valence electrons. The van der Waals surface area contributed by atoms with E-state index >= 15 is 0 Å². The first kappa shape index (κ1) is 16.0. The Bertz CT molecular complexity index is 609. The van der Waals surface area contributed by atoms with Crippen LogP contribution in [-0.4, -0.2) is 16.3 Å². The van der Waals surface area contributed by atoms with E-state index < -0.39 is 0 Å². The van der Waals surface area contributed by atoms with E-state index in [0.29, 0.717) is 17.6 Å². The summed E-state index contributed by atoms with van der Waals surface area (Å²) in [6.07, 6.45) is 1.12. The van der Waals surface area contributed by atoms with Gasteiger partial charge >= 0.3 is 0 Å².